The summed E-state index contributed by atoms with van der Waals surface area (Å²) < 4.78 is 43.5. The zero-order chi connectivity index (χ0) is 29.8. The van der Waals surface area contributed by atoms with E-state index in [1.54, 1.807) is 0 Å². The van der Waals surface area contributed by atoms with Gasteiger partial charge in [0.05, 0.1) is 12.7 Å². The highest BCUT2D eigenvalue weighted by molar-refractivity contribution is 6.04. The number of aromatic nitrogens is 3. The summed E-state index contributed by atoms with van der Waals surface area (Å²) in [6.45, 7) is 2.72. The number of methoxy groups -OCH3 is 1. The third kappa shape index (κ3) is 4.75. The lowest BCUT2D eigenvalue weighted by molar-refractivity contribution is 0.188. The van der Waals surface area contributed by atoms with Gasteiger partial charge in [0.25, 0.3) is 0 Å². The van der Waals surface area contributed by atoms with E-state index in [0.717, 1.165) is 32.2 Å². The summed E-state index contributed by atoms with van der Waals surface area (Å²) in [6, 6.07) is 6.32. The summed E-state index contributed by atoms with van der Waals surface area (Å²) in [4.78, 5) is 18.3. The number of fused-ring (bicyclic) bond motifs is 4. The van der Waals surface area contributed by atoms with Crippen LogP contribution < -0.4 is 19.7 Å². The van der Waals surface area contributed by atoms with Crippen LogP contribution in [0.1, 0.15) is 31.2 Å². The quantitative estimate of drug-likeness (QED) is 0.322. The number of phenols is 1. The summed E-state index contributed by atoms with van der Waals surface area (Å²) in [7, 11) is 3.50. The third-order valence-electron chi connectivity index (χ3n) is 8.95. The molecular weight excluding hydrogens is 554 g/mol. The number of hydrogen-bond donors (Lipinski definition) is 2. The van der Waals surface area contributed by atoms with Crippen LogP contribution in [0, 0.1) is 24.0 Å². The number of nitrogens with zero attached hydrogens (tertiary/aromatic N) is 5. The number of hydrogen-bond acceptors (Lipinski definition) is 9. The van der Waals surface area contributed by atoms with E-state index >= 15 is 4.39 Å². The number of phenolic OH excluding ortho intramolecular Hbond substituents is 1. The molecule has 2 N–H and O–H groups in total. The summed E-state index contributed by atoms with van der Waals surface area (Å²) in [5.74, 6) is 1.40. The normalized spacial score (nSPS) is 21.9. The first-order valence-electron chi connectivity index (χ1n) is 14.6. The fourth-order valence-corrected chi connectivity index (χ4v) is 6.81. The van der Waals surface area contributed by atoms with Crippen LogP contribution in [0.2, 0.25) is 0 Å². The number of terminal acetylenes is 1. The van der Waals surface area contributed by atoms with Gasteiger partial charge < -0.3 is 29.7 Å². The molecule has 0 radical (unpaired) electrons. The van der Waals surface area contributed by atoms with Crippen LogP contribution in [0.4, 0.5) is 14.6 Å². The van der Waals surface area contributed by atoms with Crippen LogP contribution in [0.3, 0.4) is 0 Å². The maximum absolute atomic E-state index is 16.8. The smallest absolute Gasteiger partial charge is 0.319 e. The molecule has 222 valence electrons. The van der Waals surface area contributed by atoms with Gasteiger partial charge in [0, 0.05) is 42.2 Å². The molecular formula is C32H32F2N6O3. The van der Waals surface area contributed by atoms with Gasteiger partial charge in [-0.25, -0.2) is 13.8 Å². The fraction of sp³-hybridized carbons (Fsp3) is 0.406. The number of aromatic hydroxyl groups is 1. The van der Waals surface area contributed by atoms with Gasteiger partial charge in [-0.1, -0.05) is 12.0 Å². The number of likely N-dealkylation sites (tertiary alicyclic amines) is 1. The molecule has 9 nitrogen and oxygen atoms in total. The second-order valence-electron chi connectivity index (χ2n) is 11.6. The molecule has 2 unspecified atom stereocenters. The Balaban J connectivity index is 1.45. The average Bonchev–Trinajstić information content (AvgIpc) is 3.58. The molecule has 0 spiro atoms. The van der Waals surface area contributed by atoms with Crippen molar-refractivity contribution in [1.82, 2.24) is 25.2 Å². The summed E-state index contributed by atoms with van der Waals surface area (Å²) in [5, 5.41) is 15.2. The number of pyridine rings is 1. The lowest BCUT2D eigenvalue weighted by Gasteiger charge is -2.34. The van der Waals surface area contributed by atoms with Gasteiger partial charge in [0.1, 0.15) is 40.6 Å². The molecule has 0 aliphatic carbocycles. The summed E-state index contributed by atoms with van der Waals surface area (Å²) >= 11 is 0. The Labute approximate surface area is 247 Å². The zero-order valence-corrected chi connectivity index (χ0v) is 24.0. The number of benzene rings is 2. The molecule has 3 aliphatic rings. The van der Waals surface area contributed by atoms with E-state index in [1.165, 1.54) is 31.4 Å². The highest BCUT2D eigenvalue weighted by atomic mass is 19.1. The maximum Gasteiger partial charge on any atom is 0.319 e. The van der Waals surface area contributed by atoms with Gasteiger partial charge in [0.15, 0.2) is 5.82 Å². The molecule has 5 heterocycles. The van der Waals surface area contributed by atoms with Crippen LogP contribution in [-0.4, -0.2) is 83.5 Å². The predicted octanol–water partition coefficient (Wildman–Crippen LogP) is 4.23. The Kier molecular flexibility index (Phi) is 6.91. The number of halogens is 2. The number of piperazine rings is 1. The highest BCUT2D eigenvalue weighted by Gasteiger charge is 2.35. The first kappa shape index (κ1) is 27.6. The second-order valence-corrected chi connectivity index (χ2v) is 11.6. The largest absolute Gasteiger partial charge is 0.508 e. The molecule has 2 bridgehead atoms. The van der Waals surface area contributed by atoms with Gasteiger partial charge in [-0.15, -0.1) is 6.42 Å². The molecule has 3 fully saturated rings. The average molecular weight is 587 g/mol. The molecule has 0 saturated carbocycles. The van der Waals surface area contributed by atoms with E-state index in [0.29, 0.717) is 48.4 Å². The van der Waals surface area contributed by atoms with Crippen molar-refractivity contribution in [3.8, 4) is 41.2 Å². The second kappa shape index (κ2) is 10.8. The fourth-order valence-electron chi connectivity index (χ4n) is 6.81. The topological polar surface area (TPSA) is 95.9 Å². The lowest BCUT2D eigenvalue weighted by Crippen LogP contribution is -2.51. The van der Waals surface area contributed by atoms with Crippen molar-refractivity contribution in [1.29, 1.82) is 0 Å². The molecule has 2 aromatic heterocycles. The minimum absolute atomic E-state index is 0.0392. The zero-order valence-electron chi connectivity index (χ0n) is 24.0. The molecule has 11 heteroatoms. The number of nitrogens with one attached hydrogen (secondary N) is 1. The number of anilines is 1. The van der Waals surface area contributed by atoms with Gasteiger partial charge in [0.2, 0.25) is 5.88 Å². The van der Waals surface area contributed by atoms with Crippen molar-refractivity contribution in [3.63, 3.8) is 0 Å². The monoisotopic (exact) mass is 586 g/mol. The Morgan fingerprint density at radius 2 is 1.88 bits per heavy atom. The Bertz CT molecular complexity index is 1780. The van der Waals surface area contributed by atoms with Gasteiger partial charge >= 0.3 is 6.01 Å². The lowest BCUT2D eigenvalue weighted by atomic mass is 9.95. The van der Waals surface area contributed by atoms with E-state index in [1.807, 2.05) is 0 Å². The standard InChI is InChI=1S/C32H32F2N6O3/c1-4-22-24(33)10-7-17-12-21(41)13-23(25(17)22)28-27(34)29-26(31(36-28)42-3)30(40-14-18-8-9-19(15-40)35-18)38-32(37-29)43-16-20-6-5-11-39(20)2/h1,7,10,12-13,18-20,35,41H,5-6,8-9,11,14-16H2,2-3H3/t18?,19?,20-/m0/s1. The Hall–Kier alpha value is -4.27. The van der Waals surface area contributed by atoms with Crippen molar-refractivity contribution in [2.75, 3.05) is 45.3 Å². The van der Waals surface area contributed by atoms with E-state index in [2.05, 4.69) is 38.1 Å². The van der Waals surface area contributed by atoms with Crippen molar-refractivity contribution >= 4 is 27.5 Å². The molecule has 2 aromatic carbocycles. The van der Waals surface area contributed by atoms with E-state index < -0.39 is 11.6 Å². The van der Waals surface area contributed by atoms with Crippen molar-refractivity contribution in [2.45, 2.75) is 43.8 Å². The maximum atomic E-state index is 16.8. The molecule has 4 aromatic rings. The van der Waals surface area contributed by atoms with E-state index in [-0.39, 0.29) is 51.4 Å². The summed E-state index contributed by atoms with van der Waals surface area (Å²) in [6.07, 6.45) is 9.86. The summed E-state index contributed by atoms with van der Waals surface area (Å²) in [5.41, 5.74) is -0.158. The molecule has 43 heavy (non-hydrogen) atoms. The molecule has 3 saturated heterocycles. The van der Waals surface area contributed by atoms with E-state index in [4.69, 9.17) is 20.9 Å². The number of ether oxygens (including phenoxy) is 2. The minimum atomic E-state index is -0.778. The Morgan fingerprint density at radius 1 is 1.09 bits per heavy atom. The third-order valence-corrected chi connectivity index (χ3v) is 8.95. The first-order valence-corrected chi connectivity index (χ1v) is 14.6. The molecule has 0 amide bonds. The van der Waals surface area contributed by atoms with Crippen molar-refractivity contribution < 1.29 is 23.4 Å². The van der Waals surface area contributed by atoms with Crippen LogP contribution in [0.5, 0.6) is 17.6 Å². The van der Waals surface area contributed by atoms with Crippen molar-refractivity contribution in [3.05, 3.63) is 41.5 Å². The predicted molar refractivity (Wildman–Crippen MR) is 160 cm³/mol. The molecule has 3 aliphatic heterocycles. The SMILES string of the molecule is C#Cc1c(F)ccc2cc(O)cc(-c3nc(OC)c4c(N5CC6CCC(C5)N6)nc(OC[C@@H]5CCCN5C)nc4c3F)c12. The number of rotatable bonds is 6. The number of likely N-dealkylation sites (N-methyl/N-ethyl adjacent to an activating group) is 1. The van der Waals surface area contributed by atoms with Gasteiger partial charge in [-0.3, -0.25) is 0 Å². The minimum Gasteiger partial charge on any atom is -0.508 e. The Morgan fingerprint density at radius 3 is 2.58 bits per heavy atom. The molecule has 7 rings (SSSR count). The van der Waals surface area contributed by atoms with Crippen LogP contribution in [-0.2, 0) is 0 Å². The molecule has 3 atom stereocenters. The van der Waals surface area contributed by atoms with Crippen LogP contribution in [0.15, 0.2) is 24.3 Å². The van der Waals surface area contributed by atoms with E-state index in [9.17, 15) is 9.50 Å². The first-order chi connectivity index (χ1) is 20.8. The van der Waals surface area contributed by atoms with Crippen molar-refractivity contribution in [2.24, 2.45) is 0 Å². The highest BCUT2D eigenvalue weighted by Crippen LogP contribution is 2.42. The van der Waals surface area contributed by atoms with Gasteiger partial charge in [-0.2, -0.15) is 9.97 Å². The van der Waals surface area contributed by atoms with Gasteiger partial charge in [-0.05, 0) is 62.9 Å². The van der Waals surface area contributed by atoms with Crippen LogP contribution in [0.25, 0.3) is 32.9 Å². The van der Waals surface area contributed by atoms with Crippen LogP contribution >= 0.6 is 0 Å².